The van der Waals surface area contributed by atoms with Gasteiger partial charge < -0.3 is 4.90 Å². The van der Waals surface area contributed by atoms with Gasteiger partial charge in [-0.2, -0.15) is 4.31 Å². The van der Waals surface area contributed by atoms with Crippen LogP contribution in [0.5, 0.6) is 0 Å². The second kappa shape index (κ2) is 8.23. The molecule has 1 amide bonds. The minimum absolute atomic E-state index is 0.107. The maximum absolute atomic E-state index is 13.6. The second-order valence-electron chi connectivity index (χ2n) is 8.98. The summed E-state index contributed by atoms with van der Waals surface area (Å²) in [4.78, 5) is 15.4. The minimum atomic E-state index is -3.93. The van der Waals surface area contributed by atoms with Crippen LogP contribution in [0.15, 0.2) is 47.4 Å². The third-order valence-corrected chi connectivity index (χ3v) is 8.86. The molecule has 5 rings (SSSR count). The summed E-state index contributed by atoms with van der Waals surface area (Å²) in [6, 6.07) is 11.3. The van der Waals surface area contributed by atoms with Crippen LogP contribution in [0.1, 0.15) is 49.3 Å². The van der Waals surface area contributed by atoms with Crippen molar-refractivity contribution in [2.24, 2.45) is 5.92 Å². The Morgan fingerprint density at radius 1 is 0.938 bits per heavy atom. The Balaban J connectivity index is 1.29. The number of nitrogens with zero attached hydrogens (tertiary/aromatic N) is 2. The van der Waals surface area contributed by atoms with E-state index in [1.807, 2.05) is 12.1 Å². The van der Waals surface area contributed by atoms with Gasteiger partial charge in [-0.3, -0.25) is 4.79 Å². The number of carbonyl (C=O) groups excluding carboxylic acids is 1. The number of carbonyl (C=O) groups is 1. The van der Waals surface area contributed by atoms with Gasteiger partial charge in [0.1, 0.15) is 0 Å². The first-order valence-electron chi connectivity index (χ1n) is 11.2. The highest BCUT2D eigenvalue weighted by Crippen LogP contribution is 2.43. The third kappa shape index (κ3) is 3.83. The van der Waals surface area contributed by atoms with Crippen molar-refractivity contribution in [3.63, 3.8) is 0 Å². The Bertz CT molecular complexity index is 1140. The number of piperidine rings is 1. The molecule has 1 saturated heterocycles. The number of hydrogen-bond donors (Lipinski definition) is 0. The van der Waals surface area contributed by atoms with E-state index in [-0.39, 0.29) is 41.9 Å². The summed E-state index contributed by atoms with van der Waals surface area (Å²) in [6.07, 6.45) is 4.81. The molecule has 1 saturated carbocycles. The van der Waals surface area contributed by atoms with Gasteiger partial charge in [0.25, 0.3) is 0 Å². The molecule has 0 aromatic heterocycles. The summed E-state index contributed by atoms with van der Waals surface area (Å²) in [5.74, 6) is -2.37. The zero-order valence-corrected chi connectivity index (χ0v) is 18.5. The van der Waals surface area contributed by atoms with E-state index >= 15 is 0 Å². The number of halogens is 2. The zero-order chi connectivity index (χ0) is 22.5. The molecule has 170 valence electrons. The predicted molar refractivity (Wildman–Crippen MR) is 115 cm³/mol. The summed E-state index contributed by atoms with van der Waals surface area (Å²) in [7, 11) is -3.93. The van der Waals surface area contributed by atoms with Crippen molar-refractivity contribution in [3.05, 3.63) is 65.2 Å². The van der Waals surface area contributed by atoms with Gasteiger partial charge in [-0.15, -0.1) is 0 Å². The van der Waals surface area contributed by atoms with E-state index in [4.69, 9.17) is 0 Å². The summed E-state index contributed by atoms with van der Waals surface area (Å²) >= 11 is 0. The molecule has 2 fully saturated rings. The van der Waals surface area contributed by atoms with Crippen LogP contribution < -0.4 is 0 Å². The maximum Gasteiger partial charge on any atom is 0.243 e. The van der Waals surface area contributed by atoms with E-state index < -0.39 is 21.7 Å². The van der Waals surface area contributed by atoms with E-state index in [0.29, 0.717) is 18.9 Å². The number of benzene rings is 2. The molecule has 8 heteroatoms. The van der Waals surface area contributed by atoms with Crippen molar-refractivity contribution in [2.75, 3.05) is 13.1 Å². The van der Waals surface area contributed by atoms with Crippen LogP contribution in [0, 0.1) is 17.6 Å². The minimum Gasteiger partial charge on any atom is -0.332 e. The van der Waals surface area contributed by atoms with Gasteiger partial charge in [0.2, 0.25) is 15.9 Å². The fourth-order valence-corrected chi connectivity index (χ4v) is 6.59. The molecule has 2 aliphatic carbocycles. The molecule has 0 spiro atoms. The maximum atomic E-state index is 13.6. The van der Waals surface area contributed by atoms with Gasteiger partial charge in [-0.1, -0.05) is 24.3 Å². The largest absolute Gasteiger partial charge is 0.332 e. The number of aryl methyl sites for hydroxylation is 1. The molecular formula is C24H26F2N2O3S. The van der Waals surface area contributed by atoms with Gasteiger partial charge in [0.05, 0.1) is 10.9 Å². The van der Waals surface area contributed by atoms with Crippen molar-refractivity contribution in [3.8, 4) is 0 Å². The molecule has 3 aliphatic rings. The highest BCUT2D eigenvalue weighted by Gasteiger charge is 2.43. The Hall–Kier alpha value is -2.32. The summed E-state index contributed by atoms with van der Waals surface area (Å²) in [6.45, 7) is 0.384. The first-order valence-corrected chi connectivity index (χ1v) is 12.7. The first kappa shape index (κ1) is 21.5. The predicted octanol–water partition coefficient (Wildman–Crippen LogP) is 4.04. The average Bonchev–Trinajstić information content (AvgIpc) is 3.55. The van der Waals surface area contributed by atoms with Gasteiger partial charge in [0.15, 0.2) is 11.6 Å². The van der Waals surface area contributed by atoms with Crippen LogP contribution in [0.4, 0.5) is 8.78 Å². The van der Waals surface area contributed by atoms with E-state index in [1.54, 1.807) is 0 Å². The molecule has 0 N–H and O–H groups in total. The molecule has 32 heavy (non-hydrogen) atoms. The third-order valence-electron chi connectivity index (χ3n) is 6.96. The molecule has 1 heterocycles. The number of fused-ring (bicyclic) bond motifs is 1. The molecule has 1 atom stereocenters. The lowest BCUT2D eigenvalue weighted by molar-refractivity contribution is -0.140. The smallest absolute Gasteiger partial charge is 0.243 e. The SMILES string of the molecule is O=C(C1CCN(S(=O)(=O)c2ccc(F)c(F)c2)CC1)N(C1CC1)C1CCc2ccccc21. The molecule has 2 aromatic carbocycles. The Morgan fingerprint density at radius 3 is 2.34 bits per heavy atom. The molecule has 0 bridgehead atoms. The lowest BCUT2D eigenvalue weighted by Gasteiger charge is -2.36. The number of sulfonamides is 1. The van der Waals surface area contributed by atoms with E-state index in [0.717, 1.165) is 37.8 Å². The number of hydrogen-bond acceptors (Lipinski definition) is 3. The Kier molecular flexibility index (Phi) is 5.53. The highest BCUT2D eigenvalue weighted by molar-refractivity contribution is 7.89. The second-order valence-corrected chi connectivity index (χ2v) is 10.9. The highest BCUT2D eigenvalue weighted by atomic mass is 32.2. The van der Waals surface area contributed by atoms with Gasteiger partial charge in [0, 0.05) is 25.0 Å². The molecule has 1 unspecified atom stereocenters. The van der Waals surface area contributed by atoms with Crippen LogP contribution in [-0.4, -0.2) is 42.7 Å². The topological polar surface area (TPSA) is 57.7 Å². The van der Waals surface area contributed by atoms with Crippen LogP contribution in [0.2, 0.25) is 0 Å². The molecule has 2 aromatic rings. The Labute approximate surface area is 187 Å². The standard InChI is InChI=1S/C24H26F2N2O3S/c25-21-9-8-19(15-22(21)26)32(30,31)27-13-11-17(12-14-27)24(29)28(18-6-7-18)23-10-5-16-3-1-2-4-20(16)23/h1-4,8-9,15,17-18,23H,5-7,10-14H2. The average molecular weight is 461 g/mol. The van der Waals surface area contributed by atoms with Crippen molar-refractivity contribution in [2.45, 2.75) is 55.5 Å². The quantitative estimate of drug-likeness (QED) is 0.677. The summed E-state index contributed by atoms with van der Waals surface area (Å²) < 4.78 is 53.8. The van der Waals surface area contributed by atoms with Crippen molar-refractivity contribution >= 4 is 15.9 Å². The molecule has 5 nitrogen and oxygen atoms in total. The fraction of sp³-hybridized carbons (Fsp3) is 0.458. The van der Waals surface area contributed by atoms with Crippen molar-refractivity contribution in [1.29, 1.82) is 0 Å². The van der Waals surface area contributed by atoms with Crippen LogP contribution in [0.25, 0.3) is 0 Å². The fourth-order valence-electron chi connectivity index (χ4n) is 5.10. The van der Waals surface area contributed by atoms with Crippen molar-refractivity contribution < 1.29 is 22.0 Å². The van der Waals surface area contributed by atoms with E-state index in [9.17, 15) is 22.0 Å². The van der Waals surface area contributed by atoms with Crippen LogP contribution in [0.3, 0.4) is 0 Å². The normalized spacial score (nSPS) is 22.0. The molecular weight excluding hydrogens is 434 g/mol. The van der Waals surface area contributed by atoms with Crippen LogP contribution >= 0.6 is 0 Å². The van der Waals surface area contributed by atoms with E-state index in [2.05, 4.69) is 17.0 Å². The lowest BCUT2D eigenvalue weighted by atomic mass is 9.95. The van der Waals surface area contributed by atoms with Crippen molar-refractivity contribution in [1.82, 2.24) is 9.21 Å². The Morgan fingerprint density at radius 2 is 1.66 bits per heavy atom. The zero-order valence-electron chi connectivity index (χ0n) is 17.7. The van der Waals surface area contributed by atoms with Gasteiger partial charge in [-0.05, 0) is 67.9 Å². The molecule has 0 radical (unpaired) electrons. The van der Waals surface area contributed by atoms with Gasteiger partial charge >= 0.3 is 0 Å². The van der Waals surface area contributed by atoms with Gasteiger partial charge in [-0.25, -0.2) is 17.2 Å². The summed E-state index contributed by atoms with van der Waals surface area (Å²) in [5.41, 5.74) is 2.55. The monoisotopic (exact) mass is 460 g/mol. The van der Waals surface area contributed by atoms with Crippen LogP contribution in [-0.2, 0) is 21.2 Å². The summed E-state index contributed by atoms with van der Waals surface area (Å²) in [5, 5.41) is 0. The molecule has 1 aliphatic heterocycles. The number of rotatable bonds is 5. The number of amides is 1. The first-order chi connectivity index (χ1) is 15.4. The van der Waals surface area contributed by atoms with E-state index in [1.165, 1.54) is 15.4 Å². The lowest BCUT2D eigenvalue weighted by Crippen LogP contribution is -2.46.